The van der Waals surface area contributed by atoms with Crippen LogP contribution in [-0.4, -0.2) is 61.0 Å². The van der Waals surface area contributed by atoms with E-state index in [1.807, 2.05) is 29.2 Å². The predicted octanol–water partition coefficient (Wildman–Crippen LogP) is 2.02. The van der Waals surface area contributed by atoms with Crippen molar-refractivity contribution in [3.63, 3.8) is 0 Å². The van der Waals surface area contributed by atoms with E-state index < -0.39 is 15.7 Å². The van der Waals surface area contributed by atoms with Gasteiger partial charge in [0.15, 0.2) is 9.84 Å². The van der Waals surface area contributed by atoms with Crippen LogP contribution in [0.25, 0.3) is 0 Å². The Bertz CT molecular complexity index is 838. The molecule has 1 saturated heterocycles. The van der Waals surface area contributed by atoms with Crippen LogP contribution in [-0.2, 0) is 19.4 Å². The summed E-state index contributed by atoms with van der Waals surface area (Å²) in [6.45, 7) is 0.0984. The molecule has 1 aromatic rings. The van der Waals surface area contributed by atoms with Crippen molar-refractivity contribution in [2.24, 2.45) is 5.73 Å². The molecule has 2 aliphatic rings. The SMILES string of the molecule is NC(=O)CSc1ccccc1NCC(=O)N(C1CCCCC1)C1CCS(=O)(=O)C1. The molecule has 160 valence electrons. The van der Waals surface area contributed by atoms with Gasteiger partial charge in [-0.1, -0.05) is 31.4 Å². The summed E-state index contributed by atoms with van der Waals surface area (Å²) >= 11 is 1.33. The highest BCUT2D eigenvalue weighted by Crippen LogP contribution is 2.29. The number of nitrogens with two attached hydrogens (primary N) is 1. The highest BCUT2D eigenvalue weighted by Gasteiger charge is 2.38. The number of benzene rings is 1. The summed E-state index contributed by atoms with van der Waals surface area (Å²) in [7, 11) is -3.06. The first-order chi connectivity index (χ1) is 13.9. The van der Waals surface area contributed by atoms with Crippen molar-refractivity contribution in [3.05, 3.63) is 24.3 Å². The van der Waals surface area contributed by atoms with Gasteiger partial charge in [0.05, 0.1) is 23.8 Å². The van der Waals surface area contributed by atoms with Crippen LogP contribution in [0.3, 0.4) is 0 Å². The third-order valence-electron chi connectivity index (χ3n) is 5.54. The fourth-order valence-electron chi connectivity index (χ4n) is 4.21. The van der Waals surface area contributed by atoms with Crippen molar-refractivity contribution in [2.75, 3.05) is 29.1 Å². The van der Waals surface area contributed by atoms with Crippen LogP contribution in [0.15, 0.2) is 29.2 Å². The van der Waals surface area contributed by atoms with E-state index in [4.69, 9.17) is 5.73 Å². The predicted molar refractivity (Wildman–Crippen MR) is 116 cm³/mol. The first-order valence-electron chi connectivity index (χ1n) is 10.1. The number of carbonyl (C=O) groups is 2. The van der Waals surface area contributed by atoms with Crippen LogP contribution in [0, 0.1) is 0 Å². The average Bonchev–Trinajstić information content (AvgIpc) is 3.05. The molecule has 0 bridgehead atoms. The third kappa shape index (κ3) is 6.12. The molecule has 0 radical (unpaired) electrons. The number of amides is 2. The van der Waals surface area contributed by atoms with Crippen LogP contribution in [0.2, 0.25) is 0 Å². The van der Waals surface area contributed by atoms with E-state index in [0.717, 1.165) is 36.3 Å². The van der Waals surface area contributed by atoms with Gasteiger partial charge in [-0.05, 0) is 31.4 Å². The summed E-state index contributed by atoms with van der Waals surface area (Å²) in [5, 5.41) is 3.19. The second kappa shape index (κ2) is 9.84. The molecule has 1 saturated carbocycles. The summed E-state index contributed by atoms with van der Waals surface area (Å²) < 4.78 is 24.0. The normalized spacial score (nSPS) is 21.6. The molecule has 1 aliphatic heterocycles. The largest absolute Gasteiger partial charge is 0.375 e. The molecular formula is C20H29N3O4S2. The van der Waals surface area contributed by atoms with E-state index in [1.54, 1.807) is 0 Å². The highest BCUT2D eigenvalue weighted by molar-refractivity contribution is 8.00. The van der Waals surface area contributed by atoms with Crippen molar-refractivity contribution in [2.45, 2.75) is 55.5 Å². The van der Waals surface area contributed by atoms with E-state index in [-0.39, 0.29) is 41.8 Å². The lowest BCUT2D eigenvalue weighted by Crippen LogP contribution is -2.50. The number of hydrogen-bond donors (Lipinski definition) is 2. The molecule has 0 spiro atoms. The topological polar surface area (TPSA) is 110 Å². The van der Waals surface area contributed by atoms with Gasteiger partial charge in [-0.25, -0.2) is 8.42 Å². The zero-order valence-electron chi connectivity index (χ0n) is 16.5. The van der Waals surface area contributed by atoms with Crippen LogP contribution in [0.4, 0.5) is 5.69 Å². The van der Waals surface area contributed by atoms with Gasteiger partial charge >= 0.3 is 0 Å². The van der Waals surface area contributed by atoms with Gasteiger partial charge in [-0.2, -0.15) is 0 Å². The van der Waals surface area contributed by atoms with Crippen molar-refractivity contribution in [1.82, 2.24) is 4.90 Å². The maximum atomic E-state index is 13.2. The number of hydrogen-bond acceptors (Lipinski definition) is 6. The first-order valence-corrected chi connectivity index (χ1v) is 12.9. The minimum atomic E-state index is -3.06. The zero-order chi connectivity index (χ0) is 20.9. The lowest BCUT2D eigenvalue weighted by Gasteiger charge is -2.38. The molecule has 1 aliphatic carbocycles. The lowest BCUT2D eigenvalue weighted by molar-refractivity contribution is -0.134. The Kier molecular flexibility index (Phi) is 7.45. The van der Waals surface area contributed by atoms with Gasteiger partial charge in [0.1, 0.15) is 0 Å². The fourth-order valence-corrected chi connectivity index (χ4v) is 6.69. The molecule has 2 amide bonds. The van der Waals surface area contributed by atoms with E-state index >= 15 is 0 Å². The number of sulfone groups is 1. The standard InChI is InChI=1S/C20H29N3O4S2/c21-19(24)13-28-18-9-5-4-8-17(18)22-12-20(25)23(15-6-2-1-3-7-15)16-10-11-29(26,27)14-16/h4-5,8-9,15-16,22H,1-3,6-7,10-14H2,(H2,21,24). The van der Waals surface area contributed by atoms with Crippen LogP contribution in [0.1, 0.15) is 38.5 Å². The quantitative estimate of drug-likeness (QED) is 0.600. The molecule has 1 unspecified atom stereocenters. The minimum Gasteiger partial charge on any atom is -0.375 e. The number of nitrogens with one attached hydrogen (secondary N) is 1. The Hall–Kier alpha value is -1.74. The number of thioether (sulfide) groups is 1. The number of anilines is 1. The molecule has 3 rings (SSSR count). The van der Waals surface area contributed by atoms with Crippen molar-refractivity contribution >= 4 is 39.1 Å². The zero-order valence-corrected chi connectivity index (χ0v) is 18.1. The molecule has 9 heteroatoms. The van der Waals surface area contributed by atoms with Gasteiger partial charge in [-0.3, -0.25) is 9.59 Å². The lowest BCUT2D eigenvalue weighted by atomic mass is 9.93. The molecule has 29 heavy (non-hydrogen) atoms. The third-order valence-corrected chi connectivity index (χ3v) is 8.39. The van der Waals surface area contributed by atoms with Gasteiger partial charge in [0, 0.05) is 22.7 Å². The molecule has 1 atom stereocenters. The maximum Gasteiger partial charge on any atom is 0.242 e. The Morgan fingerprint density at radius 1 is 1.10 bits per heavy atom. The molecule has 1 heterocycles. The Morgan fingerprint density at radius 2 is 1.83 bits per heavy atom. The van der Waals surface area contributed by atoms with Crippen molar-refractivity contribution in [3.8, 4) is 0 Å². The summed E-state index contributed by atoms with van der Waals surface area (Å²) in [5.74, 6) is -0.0598. The van der Waals surface area contributed by atoms with Crippen LogP contribution in [0.5, 0.6) is 0 Å². The number of primary amides is 1. The van der Waals surface area contributed by atoms with E-state index in [1.165, 1.54) is 18.2 Å². The van der Waals surface area contributed by atoms with Gasteiger partial charge in [-0.15, -0.1) is 11.8 Å². The Morgan fingerprint density at radius 3 is 2.48 bits per heavy atom. The summed E-state index contributed by atoms with van der Waals surface area (Å²) in [6.07, 6.45) is 5.72. The van der Waals surface area contributed by atoms with Crippen LogP contribution < -0.4 is 11.1 Å². The second-order valence-corrected chi connectivity index (χ2v) is 11.0. The second-order valence-electron chi connectivity index (χ2n) is 7.75. The highest BCUT2D eigenvalue weighted by atomic mass is 32.2. The number of carbonyl (C=O) groups excluding carboxylic acids is 2. The van der Waals surface area contributed by atoms with Crippen molar-refractivity contribution < 1.29 is 18.0 Å². The molecule has 0 aromatic heterocycles. The monoisotopic (exact) mass is 439 g/mol. The van der Waals surface area contributed by atoms with Crippen molar-refractivity contribution in [1.29, 1.82) is 0 Å². The molecule has 2 fully saturated rings. The number of rotatable bonds is 8. The minimum absolute atomic E-state index is 0.0614. The molecule has 3 N–H and O–H groups in total. The smallest absolute Gasteiger partial charge is 0.242 e. The molecular weight excluding hydrogens is 410 g/mol. The van der Waals surface area contributed by atoms with Gasteiger partial charge in [0.25, 0.3) is 0 Å². The molecule has 7 nitrogen and oxygen atoms in total. The van der Waals surface area contributed by atoms with E-state index in [9.17, 15) is 18.0 Å². The Balaban J connectivity index is 1.69. The summed E-state index contributed by atoms with van der Waals surface area (Å²) in [4.78, 5) is 27.0. The number of nitrogens with zero attached hydrogens (tertiary/aromatic N) is 1. The summed E-state index contributed by atoms with van der Waals surface area (Å²) in [5.41, 5.74) is 6.01. The molecule has 1 aromatic carbocycles. The van der Waals surface area contributed by atoms with E-state index in [2.05, 4.69) is 5.32 Å². The fraction of sp³-hybridized carbons (Fsp3) is 0.600. The first kappa shape index (κ1) is 22.0. The maximum absolute atomic E-state index is 13.2. The number of para-hydroxylation sites is 1. The summed E-state index contributed by atoms with van der Waals surface area (Å²) in [6, 6.07) is 7.37. The average molecular weight is 440 g/mol. The van der Waals surface area contributed by atoms with Gasteiger partial charge in [0.2, 0.25) is 11.8 Å². The van der Waals surface area contributed by atoms with E-state index in [0.29, 0.717) is 6.42 Å². The van der Waals surface area contributed by atoms with Gasteiger partial charge < -0.3 is 16.0 Å². The van der Waals surface area contributed by atoms with Crippen LogP contribution >= 0.6 is 11.8 Å². The Labute approximate surface area is 176 Å².